The topological polar surface area (TPSA) is 218 Å². The first kappa shape index (κ1) is 53.1. The summed E-state index contributed by atoms with van der Waals surface area (Å²) >= 11 is 9.17. The maximum atomic E-state index is 15.8. The second-order valence-electron chi connectivity index (χ2n) is 17.9. The van der Waals surface area contributed by atoms with Crippen molar-refractivity contribution in [2.75, 3.05) is 27.4 Å². The van der Waals surface area contributed by atoms with Gasteiger partial charge in [0.25, 0.3) is 16.6 Å². The summed E-state index contributed by atoms with van der Waals surface area (Å²) in [6, 6.07) is 37.1. The number of ether oxygens (including phenoxy) is 6. The Labute approximate surface area is 440 Å². The summed E-state index contributed by atoms with van der Waals surface area (Å²) in [5, 5.41) is 0. The van der Waals surface area contributed by atoms with Crippen molar-refractivity contribution in [2.24, 2.45) is 0 Å². The van der Waals surface area contributed by atoms with Gasteiger partial charge >= 0.3 is 19.0 Å². The van der Waals surface area contributed by atoms with Crippen LogP contribution in [0.5, 0.6) is 17.2 Å². The van der Waals surface area contributed by atoms with Crippen LogP contribution in [0.2, 0.25) is 0 Å². The summed E-state index contributed by atoms with van der Waals surface area (Å²) in [6.45, 7) is 2.17. The van der Waals surface area contributed by atoms with E-state index in [1.54, 1.807) is 50.6 Å². The van der Waals surface area contributed by atoms with E-state index in [4.69, 9.17) is 37.5 Å². The minimum Gasteiger partial charge on any atom is -0.497 e. The number of aryl methyl sites for hydroxylation is 2. The SMILES string of the molecule is COc1ccc(C(OC[C@H]2O[C@@H](n3cc(C)c(=O)[nH]c3=O)C[C@@H]2OP(=O)(OC[C@H]2O[C@@H](n3cc(C)c(=O)[nH]c3=O)C[C@@H]2Oc2c(S)cccc2S)C(=O)c2ccccc2)(c2ccccc2)c2ccc(OC)cc2)cc1. The average molecular weight is 1080 g/mol. The number of thiol groups is 2. The van der Waals surface area contributed by atoms with Gasteiger partial charge in [-0.15, -0.1) is 25.3 Å². The Balaban J connectivity index is 1.11. The molecule has 2 N–H and O–H groups in total. The first-order valence-corrected chi connectivity index (χ1v) is 26.2. The largest absolute Gasteiger partial charge is 0.497 e. The third kappa shape index (κ3) is 11.2. The van der Waals surface area contributed by atoms with E-state index >= 15 is 4.57 Å². The van der Waals surface area contributed by atoms with Crippen LogP contribution in [0.3, 0.4) is 0 Å². The fourth-order valence-corrected chi connectivity index (χ4v) is 11.4. The lowest BCUT2D eigenvalue weighted by Crippen LogP contribution is -2.39. The second-order valence-corrected chi connectivity index (χ2v) is 20.7. The third-order valence-corrected chi connectivity index (χ3v) is 15.6. The molecular weight excluding hydrogens is 1020 g/mol. The van der Waals surface area contributed by atoms with Crippen LogP contribution in [-0.4, -0.2) is 76.5 Å². The molecule has 2 fully saturated rings. The molecular formula is C54H53N4O14PS2. The van der Waals surface area contributed by atoms with Gasteiger partial charge in [-0.05, 0) is 66.9 Å². The van der Waals surface area contributed by atoms with Crippen LogP contribution < -0.4 is 36.7 Å². The maximum absolute atomic E-state index is 15.8. The predicted octanol–water partition coefficient (Wildman–Crippen LogP) is 7.76. The number of hydrogen-bond donors (Lipinski definition) is 4. The Hall–Kier alpha value is -6.74. The average Bonchev–Trinajstić information content (AvgIpc) is 4.05. The van der Waals surface area contributed by atoms with Gasteiger partial charge in [0, 0.05) is 51.7 Å². The Morgan fingerprint density at radius 2 is 1.11 bits per heavy atom. The molecule has 1 unspecified atom stereocenters. The Morgan fingerprint density at radius 1 is 0.640 bits per heavy atom. The van der Waals surface area contributed by atoms with Crippen molar-refractivity contribution in [2.45, 2.75) is 79.0 Å². The van der Waals surface area contributed by atoms with Gasteiger partial charge in [-0.3, -0.25) is 42.6 Å². The number of para-hydroxylation sites is 1. The molecule has 21 heteroatoms. The molecule has 18 nitrogen and oxygen atoms in total. The van der Waals surface area contributed by atoms with E-state index in [1.165, 1.54) is 47.5 Å². The Kier molecular flexibility index (Phi) is 16.0. The van der Waals surface area contributed by atoms with Crippen molar-refractivity contribution in [3.8, 4) is 17.2 Å². The molecule has 0 amide bonds. The van der Waals surface area contributed by atoms with E-state index in [1.807, 2.05) is 78.9 Å². The van der Waals surface area contributed by atoms with Crippen molar-refractivity contribution in [1.29, 1.82) is 0 Å². The molecule has 0 aliphatic carbocycles. The number of rotatable bonds is 19. The minimum absolute atomic E-state index is 0.00400. The van der Waals surface area contributed by atoms with E-state index in [0.29, 0.717) is 38.0 Å². The lowest BCUT2D eigenvalue weighted by Gasteiger charge is -2.37. The number of nitrogens with one attached hydrogen (secondary N) is 2. The van der Waals surface area contributed by atoms with Crippen molar-refractivity contribution in [3.05, 3.63) is 215 Å². The normalized spacial score (nSPS) is 20.3. The summed E-state index contributed by atoms with van der Waals surface area (Å²) in [6.07, 6.45) is -4.20. The number of benzene rings is 5. The van der Waals surface area contributed by atoms with E-state index in [9.17, 15) is 24.0 Å². The zero-order valence-corrected chi connectivity index (χ0v) is 43.7. The van der Waals surface area contributed by atoms with Gasteiger partial charge in [-0.1, -0.05) is 91.0 Å². The predicted molar refractivity (Wildman–Crippen MR) is 282 cm³/mol. The number of H-pyrrole nitrogens is 2. The molecule has 0 spiro atoms. The number of nitrogens with zero attached hydrogens (tertiary/aromatic N) is 2. The van der Waals surface area contributed by atoms with Gasteiger partial charge in [0.1, 0.15) is 59.7 Å². The highest BCUT2D eigenvalue weighted by Gasteiger charge is 2.49. The van der Waals surface area contributed by atoms with Gasteiger partial charge in [-0.2, -0.15) is 0 Å². The van der Waals surface area contributed by atoms with E-state index in [2.05, 4.69) is 35.2 Å². The van der Waals surface area contributed by atoms with Gasteiger partial charge in [0.15, 0.2) is 0 Å². The molecule has 7 atom stereocenters. The quantitative estimate of drug-likeness (QED) is 0.0346. The fourth-order valence-electron chi connectivity index (χ4n) is 9.17. The van der Waals surface area contributed by atoms with Gasteiger partial charge in [0.2, 0.25) is 0 Å². The number of methoxy groups -OCH3 is 2. The van der Waals surface area contributed by atoms with Crippen LogP contribution in [0.4, 0.5) is 0 Å². The molecule has 2 saturated heterocycles. The molecule has 4 heterocycles. The molecule has 0 bridgehead atoms. The molecule has 75 heavy (non-hydrogen) atoms. The number of aromatic amines is 2. The summed E-state index contributed by atoms with van der Waals surface area (Å²) in [5.74, 6) is 1.48. The van der Waals surface area contributed by atoms with Crippen LogP contribution in [0.1, 0.15) is 63.5 Å². The van der Waals surface area contributed by atoms with E-state index in [0.717, 1.165) is 0 Å². The molecule has 2 aliphatic heterocycles. The van der Waals surface area contributed by atoms with Crippen molar-refractivity contribution in [3.63, 3.8) is 0 Å². The van der Waals surface area contributed by atoms with Gasteiger partial charge in [0.05, 0.1) is 27.4 Å². The third-order valence-electron chi connectivity index (χ3n) is 13.1. The highest BCUT2D eigenvalue weighted by molar-refractivity contribution is 7.81. The standard InChI is InChI=1S/C54H53N4O14PS2/c1-32-28-57(52(62)55-49(32)59)46-26-40(71-48-44(74)16-11-17-45(48)75)43(70-46)31-68-73(64,51(61)34-12-7-5-8-13-34)72-41-27-47(58-29-33(2)50(60)56-53(58)63)69-42(41)30-67-54(35-14-9-6-10-15-35,36-18-22-38(65-3)23-19-36)37-20-24-39(66-4)25-21-37/h5-25,28-29,40-43,46-47,74-75H,26-27,30-31H2,1-4H3,(H,55,59,62)(H,56,60,63)/t40-,41-,42+,43+,46+,47+,73?/m0/s1. The van der Waals surface area contributed by atoms with Crippen molar-refractivity contribution >= 4 is 38.4 Å². The van der Waals surface area contributed by atoms with Crippen LogP contribution in [0.15, 0.2) is 169 Å². The number of carbonyl (C=O) groups is 1. The lowest BCUT2D eigenvalue weighted by molar-refractivity contribution is -0.0931. The smallest absolute Gasteiger partial charge is 0.402 e. The Morgan fingerprint density at radius 3 is 1.61 bits per heavy atom. The fraction of sp³-hybridized carbons (Fsp3) is 0.278. The number of aromatic nitrogens is 4. The monoisotopic (exact) mass is 1080 g/mol. The molecule has 0 saturated carbocycles. The molecule has 0 radical (unpaired) electrons. The van der Waals surface area contributed by atoms with Crippen LogP contribution in [0.25, 0.3) is 0 Å². The number of hydrogen-bond acceptors (Lipinski definition) is 16. The molecule has 9 rings (SSSR count). The zero-order chi connectivity index (χ0) is 53.0. The molecule has 390 valence electrons. The highest BCUT2D eigenvalue weighted by Crippen LogP contribution is 2.56. The summed E-state index contributed by atoms with van der Waals surface area (Å²) in [4.78, 5) is 72.0. The Bertz CT molecular complexity index is 3400. The first-order chi connectivity index (χ1) is 36.1. The lowest BCUT2D eigenvalue weighted by atomic mass is 9.80. The first-order valence-electron chi connectivity index (χ1n) is 23.7. The maximum Gasteiger partial charge on any atom is 0.402 e. The summed E-state index contributed by atoms with van der Waals surface area (Å²) < 4.78 is 68.9. The van der Waals surface area contributed by atoms with E-state index < -0.39 is 84.7 Å². The zero-order valence-electron chi connectivity index (χ0n) is 41.0. The van der Waals surface area contributed by atoms with Crippen LogP contribution in [-0.2, 0) is 33.4 Å². The van der Waals surface area contributed by atoms with E-state index in [-0.39, 0.29) is 41.9 Å². The van der Waals surface area contributed by atoms with Gasteiger partial charge in [-0.25, -0.2) is 9.59 Å². The minimum atomic E-state index is -5.05. The van der Waals surface area contributed by atoms with Crippen molar-refractivity contribution in [1.82, 2.24) is 19.1 Å². The van der Waals surface area contributed by atoms with Crippen molar-refractivity contribution < 1.29 is 46.8 Å². The number of carbonyl (C=O) groups excluding carboxylic acids is 1. The summed E-state index contributed by atoms with van der Waals surface area (Å²) in [5.41, 5.74) is -2.55. The highest BCUT2D eigenvalue weighted by atomic mass is 32.1. The van der Waals surface area contributed by atoms with Gasteiger partial charge < -0.3 is 32.9 Å². The van der Waals surface area contributed by atoms with Crippen LogP contribution >= 0.6 is 32.9 Å². The molecule has 5 aromatic carbocycles. The van der Waals surface area contributed by atoms with Crippen LogP contribution in [0, 0.1) is 13.8 Å². The molecule has 2 aromatic heterocycles. The second kappa shape index (κ2) is 22.6. The molecule has 2 aliphatic rings. The molecule has 7 aromatic rings. The summed E-state index contributed by atoms with van der Waals surface area (Å²) in [7, 11) is -1.92.